The number of carbonyl (C=O) groups is 1. The standard InChI is InChI=1S/C21H25NO2/c1-17-11-13-22(14-12-17)21(23)16-24-20-10-6-5-9-19(20)15-18-7-3-2-4-8-18/h2-10,17H,11-16H2,1H3. The first-order valence-electron chi connectivity index (χ1n) is 8.75. The fourth-order valence-electron chi connectivity index (χ4n) is 3.10. The number of para-hydroxylation sites is 1. The molecule has 1 aliphatic heterocycles. The van der Waals surface area contributed by atoms with Gasteiger partial charge in [-0.2, -0.15) is 0 Å². The molecule has 0 radical (unpaired) electrons. The third-order valence-electron chi connectivity index (χ3n) is 4.70. The largest absolute Gasteiger partial charge is 0.483 e. The van der Waals surface area contributed by atoms with Crippen molar-refractivity contribution < 1.29 is 9.53 Å². The Labute approximate surface area is 144 Å². The zero-order valence-electron chi connectivity index (χ0n) is 14.3. The van der Waals surface area contributed by atoms with E-state index in [1.165, 1.54) is 5.56 Å². The molecule has 1 saturated heterocycles. The van der Waals surface area contributed by atoms with Gasteiger partial charge in [-0.1, -0.05) is 55.5 Å². The smallest absolute Gasteiger partial charge is 0.260 e. The molecular weight excluding hydrogens is 298 g/mol. The lowest BCUT2D eigenvalue weighted by Gasteiger charge is -2.30. The maximum Gasteiger partial charge on any atom is 0.260 e. The zero-order chi connectivity index (χ0) is 16.8. The summed E-state index contributed by atoms with van der Waals surface area (Å²) in [4.78, 5) is 14.3. The van der Waals surface area contributed by atoms with Gasteiger partial charge in [-0.15, -0.1) is 0 Å². The molecular formula is C21H25NO2. The van der Waals surface area contributed by atoms with Crippen molar-refractivity contribution in [3.05, 3.63) is 65.7 Å². The summed E-state index contributed by atoms with van der Waals surface area (Å²) in [5, 5.41) is 0. The minimum Gasteiger partial charge on any atom is -0.483 e. The summed E-state index contributed by atoms with van der Waals surface area (Å²) in [6, 6.07) is 18.3. The molecule has 0 spiro atoms. The molecule has 24 heavy (non-hydrogen) atoms. The third kappa shape index (κ3) is 4.38. The van der Waals surface area contributed by atoms with Crippen molar-refractivity contribution in [1.29, 1.82) is 0 Å². The van der Waals surface area contributed by atoms with E-state index in [4.69, 9.17) is 4.74 Å². The summed E-state index contributed by atoms with van der Waals surface area (Å²) in [5.74, 6) is 1.62. The third-order valence-corrected chi connectivity index (χ3v) is 4.70. The lowest BCUT2D eigenvalue weighted by Crippen LogP contribution is -2.40. The van der Waals surface area contributed by atoms with E-state index in [9.17, 15) is 4.79 Å². The first kappa shape index (κ1) is 16.6. The molecule has 0 N–H and O–H groups in total. The normalized spacial score (nSPS) is 15.3. The van der Waals surface area contributed by atoms with Crippen LogP contribution in [0.3, 0.4) is 0 Å². The molecule has 1 heterocycles. The van der Waals surface area contributed by atoms with Gasteiger partial charge in [0.25, 0.3) is 5.91 Å². The molecule has 0 aromatic heterocycles. The SMILES string of the molecule is CC1CCN(C(=O)COc2ccccc2Cc2ccccc2)CC1. The topological polar surface area (TPSA) is 29.5 Å². The average molecular weight is 323 g/mol. The van der Waals surface area contributed by atoms with Gasteiger partial charge in [0.15, 0.2) is 6.61 Å². The van der Waals surface area contributed by atoms with Crippen LogP contribution >= 0.6 is 0 Å². The molecule has 2 aromatic carbocycles. The maximum absolute atomic E-state index is 12.3. The number of piperidine rings is 1. The van der Waals surface area contributed by atoms with Crippen molar-refractivity contribution in [2.45, 2.75) is 26.2 Å². The summed E-state index contributed by atoms with van der Waals surface area (Å²) >= 11 is 0. The number of rotatable bonds is 5. The van der Waals surface area contributed by atoms with Crippen LogP contribution in [0, 0.1) is 5.92 Å². The Kier molecular flexibility index (Phi) is 5.52. The molecule has 0 atom stereocenters. The van der Waals surface area contributed by atoms with Crippen LogP contribution in [0.25, 0.3) is 0 Å². The fraction of sp³-hybridized carbons (Fsp3) is 0.381. The molecule has 3 heteroatoms. The number of carbonyl (C=O) groups excluding carboxylic acids is 1. The van der Waals surface area contributed by atoms with Gasteiger partial charge in [0, 0.05) is 19.5 Å². The second-order valence-electron chi connectivity index (χ2n) is 6.62. The van der Waals surface area contributed by atoms with Crippen molar-refractivity contribution in [2.75, 3.05) is 19.7 Å². The predicted octanol–water partition coefficient (Wildman–Crippen LogP) is 3.91. The fourth-order valence-corrected chi connectivity index (χ4v) is 3.10. The summed E-state index contributed by atoms with van der Waals surface area (Å²) < 4.78 is 5.86. The molecule has 2 aromatic rings. The summed E-state index contributed by atoms with van der Waals surface area (Å²) in [6.07, 6.45) is 3.00. The van der Waals surface area contributed by atoms with Crippen LogP contribution < -0.4 is 4.74 Å². The maximum atomic E-state index is 12.3. The number of likely N-dealkylation sites (tertiary alicyclic amines) is 1. The van der Waals surface area contributed by atoms with Crippen LogP contribution in [-0.2, 0) is 11.2 Å². The highest BCUT2D eigenvalue weighted by Crippen LogP contribution is 2.22. The van der Waals surface area contributed by atoms with Gasteiger partial charge in [0.05, 0.1) is 0 Å². The van der Waals surface area contributed by atoms with E-state index in [1.807, 2.05) is 41.3 Å². The van der Waals surface area contributed by atoms with E-state index in [1.54, 1.807) is 0 Å². The highest BCUT2D eigenvalue weighted by molar-refractivity contribution is 5.77. The average Bonchev–Trinajstić information content (AvgIpc) is 2.62. The molecule has 1 aliphatic rings. The summed E-state index contributed by atoms with van der Waals surface area (Å²) in [6.45, 7) is 4.09. The van der Waals surface area contributed by atoms with Gasteiger partial charge >= 0.3 is 0 Å². The molecule has 3 nitrogen and oxygen atoms in total. The molecule has 1 amide bonds. The van der Waals surface area contributed by atoms with Crippen molar-refractivity contribution >= 4 is 5.91 Å². The Bertz CT molecular complexity index is 661. The number of hydrogen-bond donors (Lipinski definition) is 0. The second-order valence-corrected chi connectivity index (χ2v) is 6.62. The summed E-state index contributed by atoms with van der Waals surface area (Å²) in [5.41, 5.74) is 2.36. The van der Waals surface area contributed by atoms with Crippen LogP contribution in [0.5, 0.6) is 5.75 Å². The quantitative estimate of drug-likeness (QED) is 0.835. The molecule has 126 valence electrons. The molecule has 0 unspecified atom stereocenters. The number of nitrogens with zero attached hydrogens (tertiary/aromatic N) is 1. The minimum absolute atomic E-state index is 0.0939. The Balaban J connectivity index is 1.60. The molecule has 0 bridgehead atoms. The Morgan fingerprint density at radius 2 is 1.71 bits per heavy atom. The van der Waals surface area contributed by atoms with Crippen molar-refractivity contribution in [3.8, 4) is 5.75 Å². The van der Waals surface area contributed by atoms with Gasteiger partial charge in [0.1, 0.15) is 5.75 Å². The van der Waals surface area contributed by atoms with E-state index in [2.05, 4.69) is 25.1 Å². The second kappa shape index (κ2) is 8.00. The lowest BCUT2D eigenvalue weighted by molar-refractivity contribution is -0.134. The van der Waals surface area contributed by atoms with Crippen LogP contribution in [0.15, 0.2) is 54.6 Å². The number of ether oxygens (including phenoxy) is 1. The highest BCUT2D eigenvalue weighted by atomic mass is 16.5. The first-order valence-corrected chi connectivity index (χ1v) is 8.75. The van der Waals surface area contributed by atoms with Gasteiger partial charge in [-0.25, -0.2) is 0 Å². The monoisotopic (exact) mass is 323 g/mol. The number of benzene rings is 2. The van der Waals surface area contributed by atoms with Crippen molar-refractivity contribution in [1.82, 2.24) is 4.90 Å². The van der Waals surface area contributed by atoms with E-state index < -0.39 is 0 Å². The Morgan fingerprint density at radius 1 is 1.04 bits per heavy atom. The van der Waals surface area contributed by atoms with E-state index >= 15 is 0 Å². The lowest BCUT2D eigenvalue weighted by atomic mass is 9.99. The number of amides is 1. The Morgan fingerprint density at radius 3 is 2.46 bits per heavy atom. The zero-order valence-corrected chi connectivity index (χ0v) is 14.3. The van der Waals surface area contributed by atoms with Gasteiger partial charge in [-0.3, -0.25) is 4.79 Å². The highest BCUT2D eigenvalue weighted by Gasteiger charge is 2.20. The summed E-state index contributed by atoms with van der Waals surface area (Å²) in [7, 11) is 0. The number of hydrogen-bond acceptors (Lipinski definition) is 2. The van der Waals surface area contributed by atoms with Crippen LogP contribution in [0.4, 0.5) is 0 Å². The van der Waals surface area contributed by atoms with Gasteiger partial charge in [-0.05, 0) is 36.0 Å². The van der Waals surface area contributed by atoms with Crippen LogP contribution in [0.1, 0.15) is 30.9 Å². The minimum atomic E-state index is 0.0939. The van der Waals surface area contributed by atoms with Gasteiger partial charge in [0.2, 0.25) is 0 Å². The molecule has 0 aliphatic carbocycles. The van der Waals surface area contributed by atoms with Crippen LogP contribution in [0.2, 0.25) is 0 Å². The molecule has 1 fully saturated rings. The molecule has 3 rings (SSSR count). The van der Waals surface area contributed by atoms with Crippen molar-refractivity contribution in [3.63, 3.8) is 0 Å². The first-order chi connectivity index (χ1) is 11.7. The Hall–Kier alpha value is -2.29. The van der Waals surface area contributed by atoms with E-state index in [-0.39, 0.29) is 12.5 Å². The van der Waals surface area contributed by atoms with Crippen molar-refractivity contribution in [2.24, 2.45) is 5.92 Å². The predicted molar refractivity (Wildman–Crippen MR) is 96.2 cm³/mol. The molecule has 0 saturated carbocycles. The van der Waals surface area contributed by atoms with Crippen LogP contribution in [-0.4, -0.2) is 30.5 Å². The van der Waals surface area contributed by atoms with E-state index in [0.29, 0.717) is 0 Å². The van der Waals surface area contributed by atoms with Gasteiger partial charge < -0.3 is 9.64 Å². The van der Waals surface area contributed by atoms with E-state index in [0.717, 1.165) is 49.6 Å².